The van der Waals surface area contributed by atoms with Crippen LogP contribution in [0.3, 0.4) is 0 Å². The molecular weight excluding hydrogens is 334 g/mol. The predicted octanol–water partition coefficient (Wildman–Crippen LogP) is 0.789. The van der Waals surface area contributed by atoms with Gasteiger partial charge in [-0.15, -0.1) is 0 Å². The summed E-state index contributed by atoms with van der Waals surface area (Å²) in [6.07, 6.45) is 1.24. The van der Waals surface area contributed by atoms with Gasteiger partial charge in [-0.25, -0.2) is 13.6 Å². The van der Waals surface area contributed by atoms with Crippen LogP contribution in [0, 0.1) is 0 Å². The summed E-state index contributed by atoms with van der Waals surface area (Å²) in [5.41, 5.74) is 0.318. The minimum absolute atomic E-state index is 0.279. The summed E-state index contributed by atoms with van der Waals surface area (Å²) in [4.78, 5) is -0.380. The van der Waals surface area contributed by atoms with Crippen LogP contribution in [0.2, 0.25) is 0 Å². The summed E-state index contributed by atoms with van der Waals surface area (Å²) in [5.74, 6) is -0.279. The second-order valence-electron chi connectivity index (χ2n) is 3.25. The van der Waals surface area contributed by atoms with Crippen LogP contribution in [0.4, 0.5) is 0 Å². The van der Waals surface area contributed by atoms with Crippen LogP contribution in [0.5, 0.6) is 5.75 Å². The third-order valence-corrected chi connectivity index (χ3v) is 4.21. The fraction of sp³-hybridized carbons (Fsp3) is 0. The molecule has 1 aliphatic heterocycles. The number of halogens is 1. The van der Waals surface area contributed by atoms with E-state index in [4.69, 9.17) is 5.14 Å². The molecule has 0 amide bonds. The van der Waals surface area contributed by atoms with Crippen LogP contribution in [-0.4, -0.2) is 16.8 Å². The molecule has 0 spiro atoms. The lowest BCUT2D eigenvalue weighted by atomic mass is 10.2. The Morgan fingerprint density at radius 1 is 1.29 bits per heavy atom. The lowest BCUT2D eigenvalue weighted by molar-refractivity contribution is 0.486. The molecule has 0 aromatic heterocycles. The van der Waals surface area contributed by atoms with Crippen molar-refractivity contribution in [3.63, 3.8) is 0 Å². The first-order valence-corrected chi connectivity index (χ1v) is 7.99. The Bertz CT molecular complexity index is 721. The van der Waals surface area contributed by atoms with Crippen molar-refractivity contribution in [1.29, 1.82) is 0 Å². The number of nitrogens with two attached hydrogens (primary N) is 1. The van der Waals surface area contributed by atoms with Gasteiger partial charge in [0.25, 0.3) is 0 Å². The van der Waals surface area contributed by atoms with E-state index in [0.29, 0.717) is 10.0 Å². The highest BCUT2D eigenvalue weighted by molar-refractivity contribution is 9.10. The molecule has 0 fully saturated rings. The molecule has 1 aromatic rings. The third kappa shape index (κ3) is 2.51. The first-order valence-electron chi connectivity index (χ1n) is 4.18. The maximum atomic E-state index is 11.3. The topological polar surface area (TPSA) is 104 Å². The molecule has 0 aliphatic carbocycles. The molecule has 0 radical (unpaired) electrons. The smallest absolute Gasteiger partial charge is 0.332 e. The van der Waals surface area contributed by atoms with E-state index < -0.39 is 20.1 Å². The molecule has 1 aliphatic rings. The van der Waals surface area contributed by atoms with Crippen molar-refractivity contribution in [2.45, 2.75) is 4.90 Å². The molecule has 6 nitrogen and oxygen atoms in total. The van der Waals surface area contributed by atoms with Gasteiger partial charge in [-0.3, -0.25) is 0 Å². The molecule has 1 aromatic carbocycles. The van der Waals surface area contributed by atoms with Crippen molar-refractivity contribution >= 4 is 42.1 Å². The predicted molar refractivity (Wildman–Crippen MR) is 64.1 cm³/mol. The van der Waals surface area contributed by atoms with E-state index in [9.17, 15) is 16.8 Å². The molecule has 0 bridgehead atoms. The van der Waals surface area contributed by atoms with Crippen LogP contribution in [-0.2, 0) is 20.1 Å². The Hall–Kier alpha value is -0.900. The molecule has 9 heteroatoms. The van der Waals surface area contributed by atoms with Gasteiger partial charge in [-0.05, 0) is 18.2 Å². The second-order valence-corrected chi connectivity index (χ2v) is 7.12. The molecular formula is C8H6BrNO5S2. The second kappa shape index (κ2) is 3.80. The number of primary sulfonamides is 1. The lowest BCUT2D eigenvalue weighted by Crippen LogP contribution is -2.18. The molecule has 92 valence electrons. The molecule has 2 N–H and O–H groups in total. The summed E-state index contributed by atoms with van der Waals surface area (Å²) in [6.45, 7) is 0. The highest BCUT2D eigenvalue weighted by Crippen LogP contribution is 2.35. The van der Waals surface area contributed by atoms with Crippen molar-refractivity contribution in [2.24, 2.45) is 5.14 Å². The van der Waals surface area contributed by atoms with Crippen LogP contribution in [0.25, 0.3) is 6.08 Å². The number of rotatable bonds is 1. The molecule has 17 heavy (non-hydrogen) atoms. The van der Waals surface area contributed by atoms with Gasteiger partial charge in [0.15, 0.2) is 5.75 Å². The number of benzene rings is 1. The lowest BCUT2D eigenvalue weighted by Gasteiger charge is -2.15. The van der Waals surface area contributed by atoms with Gasteiger partial charge in [-0.2, -0.15) is 8.42 Å². The summed E-state index contributed by atoms with van der Waals surface area (Å²) in [5, 5.41) is 5.83. The number of hydrogen-bond donors (Lipinski definition) is 1. The van der Waals surface area contributed by atoms with Gasteiger partial charge >= 0.3 is 10.1 Å². The number of hydrogen-bond acceptors (Lipinski definition) is 5. The average molecular weight is 340 g/mol. The third-order valence-electron chi connectivity index (χ3n) is 1.97. The van der Waals surface area contributed by atoms with Crippen molar-refractivity contribution in [1.82, 2.24) is 0 Å². The Labute approximate surface area is 106 Å². The van der Waals surface area contributed by atoms with E-state index in [0.717, 1.165) is 5.41 Å². The first-order chi connectivity index (χ1) is 7.69. The average Bonchev–Trinajstić information content (AvgIpc) is 2.15. The standard InChI is InChI=1S/C8H6BrNO5S2/c9-6-3-5-1-2-16(11,12)15-8(5)7(4-6)17(10,13)14/h1-4H,(H2,10,13,14). The summed E-state index contributed by atoms with van der Waals surface area (Å²) in [7, 11) is -7.98. The molecule has 1 heterocycles. The molecule has 0 unspecified atom stereocenters. The molecule has 0 atom stereocenters. The maximum Gasteiger partial charge on any atom is 0.332 e. The molecule has 0 saturated heterocycles. The Kier molecular flexibility index (Phi) is 2.81. The van der Waals surface area contributed by atoms with E-state index in [1.54, 1.807) is 0 Å². The van der Waals surface area contributed by atoms with Gasteiger partial charge in [0, 0.05) is 10.0 Å². The van der Waals surface area contributed by atoms with E-state index in [1.807, 2.05) is 0 Å². The van der Waals surface area contributed by atoms with Crippen molar-refractivity contribution in [3.05, 3.63) is 27.6 Å². The Morgan fingerprint density at radius 3 is 2.53 bits per heavy atom. The van der Waals surface area contributed by atoms with E-state index >= 15 is 0 Å². The number of fused-ring (bicyclic) bond motifs is 1. The van der Waals surface area contributed by atoms with E-state index in [2.05, 4.69) is 20.1 Å². The largest absolute Gasteiger partial charge is 0.377 e. The fourth-order valence-electron chi connectivity index (χ4n) is 1.31. The highest BCUT2D eigenvalue weighted by atomic mass is 79.9. The molecule has 0 saturated carbocycles. The Balaban J connectivity index is 2.82. The van der Waals surface area contributed by atoms with Crippen LogP contribution < -0.4 is 9.32 Å². The minimum atomic E-state index is -4.07. The van der Waals surface area contributed by atoms with Crippen LogP contribution in [0.1, 0.15) is 5.56 Å². The zero-order valence-electron chi connectivity index (χ0n) is 8.12. The number of sulfonamides is 1. The van der Waals surface area contributed by atoms with Gasteiger partial charge in [0.1, 0.15) is 4.90 Å². The summed E-state index contributed by atoms with van der Waals surface area (Å²) >= 11 is 3.10. The zero-order chi connectivity index (χ0) is 12.8. The Morgan fingerprint density at radius 2 is 1.94 bits per heavy atom. The fourth-order valence-corrected chi connectivity index (χ4v) is 3.49. The van der Waals surface area contributed by atoms with Crippen LogP contribution in [0.15, 0.2) is 26.9 Å². The van der Waals surface area contributed by atoms with Gasteiger partial charge in [0.2, 0.25) is 10.0 Å². The van der Waals surface area contributed by atoms with E-state index in [-0.39, 0.29) is 10.6 Å². The normalized spacial score (nSPS) is 17.3. The SMILES string of the molecule is NS(=O)(=O)c1cc(Br)cc2c1OS(=O)(=O)C=C2. The van der Waals surface area contributed by atoms with Crippen molar-refractivity contribution in [3.8, 4) is 5.75 Å². The van der Waals surface area contributed by atoms with E-state index in [1.165, 1.54) is 18.2 Å². The summed E-state index contributed by atoms with van der Waals surface area (Å²) in [6, 6.07) is 2.71. The maximum absolute atomic E-state index is 11.3. The zero-order valence-corrected chi connectivity index (χ0v) is 11.3. The monoisotopic (exact) mass is 339 g/mol. The van der Waals surface area contributed by atoms with Gasteiger partial charge in [-0.1, -0.05) is 15.9 Å². The van der Waals surface area contributed by atoms with Crippen LogP contribution >= 0.6 is 15.9 Å². The van der Waals surface area contributed by atoms with Gasteiger partial charge in [0.05, 0.1) is 5.41 Å². The highest BCUT2D eigenvalue weighted by Gasteiger charge is 2.26. The van der Waals surface area contributed by atoms with Crippen molar-refractivity contribution < 1.29 is 21.0 Å². The first kappa shape index (κ1) is 12.6. The van der Waals surface area contributed by atoms with Crippen molar-refractivity contribution in [2.75, 3.05) is 0 Å². The van der Waals surface area contributed by atoms with Gasteiger partial charge < -0.3 is 4.18 Å². The molecule has 2 rings (SSSR count). The summed E-state index contributed by atoms with van der Waals surface area (Å²) < 4.78 is 50.2. The minimum Gasteiger partial charge on any atom is -0.377 e. The quantitative estimate of drug-likeness (QED) is 0.761.